The minimum absolute atomic E-state index is 0.0921. The van der Waals surface area contributed by atoms with Crippen LogP contribution in [0.1, 0.15) is 17.2 Å². The number of aromatic nitrogens is 4. The van der Waals surface area contributed by atoms with Crippen molar-refractivity contribution in [2.75, 3.05) is 5.73 Å². The Morgan fingerprint density at radius 1 is 1.50 bits per heavy atom. The minimum atomic E-state index is 0.0921. The van der Waals surface area contributed by atoms with Gasteiger partial charge in [-0.05, 0) is 13.8 Å². The van der Waals surface area contributed by atoms with E-state index < -0.39 is 0 Å². The predicted molar refractivity (Wildman–Crippen MR) is 49.5 cm³/mol. The highest BCUT2D eigenvalue weighted by molar-refractivity contribution is 5.11. The van der Waals surface area contributed by atoms with Crippen LogP contribution < -0.4 is 5.73 Å². The standard InChI is InChI=1S/C8H11N5O/c1-5-6(2)13(4-10-5)3-7-11-8(9)14-12-7/h4H,3H2,1-2H3,(H2,9,11,12). The molecule has 0 radical (unpaired) electrons. The molecule has 2 aromatic rings. The molecule has 0 spiro atoms. The van der Waals surface area contributed by atoms with Crippen molar-refractivity contribution in [2.24, 2.45) is 0 Å². The number of nitrogens with two attached hydrogens (primary N) is 1. The molecular formula is C8H11N5O. The quantitative estimate of drug-likeness (QED) is 0.751. The number of hydrogen-bond donors (Lipinski definition) is 1. The summed E-state index contributed by atoms with van der Waals surface area (Å²) in [5.41, 5.74) is 7.40. The molecule has 2 heterocycles. The smallest absolute Gasteiger partial charge is 0.318 e. The Morgan fingerprint density at radius 2 is 2.29 bits per heavy atom. The molecule has 0 saturated carbocycles. The number of hydrogen-bond acceptors (Lipinski definition) is 5. The average Bonchev–Trinajstić information content (AvgIpc) is 2.67. The van der Waals surface area contributed by atoms with E-state index >= 15 is 0 Å². The summed E-state index contributed by atoms with van der Waals surface area (Å²) in [5, 5.41) is 3.70. The third kappa shape index (κ3) is 1.46. The Bertz CT molecular complexity index is 444. The number of aryl methyl sites for hydroxylation is 1. The maximum absolute atomic E-state index is 5.31. The molecule has 2 N–H and O–H groups in total. The zero-order valence-electron chi connectivity index (χ0n) is 8.06. The molecule has 0 aliphatic rings. The Hall–Kier alpha value is -1.85. The van der Waals surface area contributed by atoms with E-state index in [9.17, 15) is 0 Å². The largest absolute Gasteiger partial charge is 0.351 e. The van der Waals surface area contributed by atoms with Crippen LogP contribution in [0.15, 0.2) is 10.9 Å². The predicted octanol–water partition coefficient (Wildman–Crippen LogP) is 0.513. The Balaban J connectivity index is 2.22. The van der Waals surface area contributed by atoms with Gasteiger partial charge in [-0.1, -0.05) is 5.16 Å². The third-order valence-electron chi connectivity index (χ3n) is 2.14. The summed E-state index contributed by atoms with van der Waals surface area (Å²) in [4.78, 5) is 8.07. The molecule has 2 aromatic heterocycles. The normalized spacial score (nSPS) is 10.7. The van der Waals surface area contributed by atoms with E-state index in [2.05, 4.69) is 19.6 Å². The van der Waals surface area contributed by atoms with E-state index in [-0.39, 0.29) is 6.01 Å². The summed E-state index contributed by atoms with van der Waals surface area (Å²) in [5.74, 6) is 0.558. The molecule has 0 amide bonds. The van der Waals surface area contributed by atoms with Crippen molar-refractivity contribution in [3.63, 3.8) is 0 Å². The monoisotopic (exact) mass is 193 g/mol. The first-order chi connectivity index (χ1) is 6.66. The lowest BCUT2D eigenvalue weighted by atomic mass is 10.4. The molecule has 0 aromatic carbocycles. The van der Waals surface area contributed by atoms with Gasteiger partial charge in [0.05, 0.1) is 18.6 Å². The van der Waals surface area contributed by atoms with Gasteiger partial charge in [-0.25, -0.2) is 4.98 Å². The van der Waals surface area contributed by atoms with Gasteiger partial charge in [0.2, 0.25) is 0 Å². The van der Waals surface area contributed by atoms with E-state index in [1.165, 1.54) is 0 Å². The van der Waals surface area contributed by atoms with Crippen molar-refractivity contribution >= 4 is 6.01 Å². The topological polar surface area (TPSA) is 82.8 Å². The van der Waals surface area contributed by atoms with Gasteiger partial charge in [0.25, 0.3) is 0 Å². The van der Waals surface area contributed by atoms with Crippen LogP contribution in [0.2, 0.25) is 0 Å². The summed E-state index contributed by atoms with van der Waals surface area (Å²) in [7, 11) is 0. The first-order valence-electron chi connectivity index (χ1n) is 4.23. The van der Waals surface area contributed by atoms with Gasteiger partial charge >= 0.3 is 6.01 Å². The summed E-state index contributed by atoms with van der Waals surface area (Å²) in [6.45, 7) is 4.48. The first kappa shape index (κ1) is 8.74. The second kappa shape index (κ2) is 3.13. The van der Waals surface area contributed by atoms with E-state index in [1.807, 2.05) is 18.4 Å². The summed E-state index contributed by atoms with van der Waals surface area (Å²) in [6.07, 6.45) is 1.75. The lowest BCUT2D eigenvalue weighted by Crippen LogP contribution is -2.02. The molecule has 0 saturated heterocycles. The van der Waals surface area contributed by atoms with E-state index in [1.54, 1.807) is 6.33 Å². The number of anilines is 1. The highest BCUT2D eigenvalue weighted by Crippen LogP contribution is 2.07. The van der Waals surface area contributed by atoms with Gasteiger partial charge in [0.15, 0.2) is 5.82 Å². The van der Waals surface area contributed by atoms with Gasteiger partial charge in [0, 0.05) is 5.69 Å². The minimum Gasteiger partial charge on any atom is -0.351 e. The summed E-state index contributed by atoms with van der Waals surface area (Å²) in [6, 6.07) is 0.0921. The van der Waals surface area contributed by atoms with Crippen LogP contribution in [0.5, 0.6) is 0 Å². The van der Waals surface area contributed by atoms with Gasteiger partial charge < -0.3 is 14.8 Å². The Kier molecular flexibility index (Phi) is 1.95. The van der Waals surface area contributed by atoms with Crippen molar-refractivity contribution in [1.29, 1.82) is 0 Å². The van der Waals surface area contributed by atoms with Gasteiger partial charge in [-0.2, -0.15) is 4.98 Å². The van der Waals surface area contributed by atoms with E-state index in [0.717, 1.165) is 11.4 Å². The fourth-order valence-electron chi connectivity index (χ4n) is 1.19. The fraction of sp³-hybridized carbons (Fsp3) is 0.375. The van der Waals surface area contributed by atoms with Gasteiger partial charge in [0.1, 0.15) is 0 Å². The van der Waals surface area contributed by atoms with Gasteiger partial charge in [-0.15, -0.1) is 0 Å². The highest BCUT2D eigenvalue weighted by atomic mass is 16.5. The molecule has 0 aliphatic heterocycles. The molecule has 6 nitrogen and oxygen atoms in total. The molecule has 0 unspecified atom stereocenters. The third-order valence-corrected chi connectivity index (χ3v) is 2.14. The van der Waals surface area contributed by atoms with Crippen molar-refractivity contribution in [2.45, 2.75) is 20.4 Å². The van der Waals surface area contributed by atoms with Crippen LogP contribution in [-0.2, 0) is 6.54 Å². The SMILES string of the molecule is Cc1ncn(Cc2noc(N)n2)c1C. The maximum atomic E-state index is 5.31. The molecule has 0 aliphatic carbocycles. The number of imidazole rings is 1. The van der Waals surface area contributed by atoms with E-state index in [4.69, 9.17) is 5.73 Å². The zero-order valence-corrected chi connectivity index (χ0v) is 8.06. The molecule has 0 bridgehead atoms. The van der Waals surface area contributed by atoms with Crippen molar-refractivity contribution in [1.82, 2.24) is 19.7 Å². The van der Waals surface area contributed by atoms with Crippen molar-refractivity contribution in [3.8, 4) is 0 Å². The summed E-state index contributed by atoms with van der Waals surface area (Å²) < 4.78 is 6.61. The number of rotatable bonds is 2. The maximum Gasteiger partial charge on any atom is 0.318 e. The highest BCUT2D eigenvalue weighted by Gasteiger charge is 2.06. The zero-order chi connectivity index (χ0) is 10.1. The van der Waals surface area contributed by atoms with Crippen LogP contribution in [0.3, 0.4) is 0 Å². The fourth-order valence-corrected chi connectivity index (χ4v) is 1.19. The Morgan fingerprint density at radius 3 is 2.79 bits per heavy atom. The average molecular weight is 193 g/mol. The second-order valence-electron chi connectivity index (χ2n) is 3.09. The van der Waals surface area contributed by atoms with Crippen LogP contribution in [0.25, 0.3) is 0 Å². The summed E-state index contributed by atoms with van der Waals surface area (Å²) >= 11 is 0. The van der Waals surface area contributed by atoms with Crippen LogP contribution >= 0.6 is 0 Å². The van der Waals surface area contributed by atoms with Crippen LogP contribution in [-0.4, -0.2) is 19.7 Å². The van der Waals surface area contributed by atoms with E-state index in [0.29, 0.717) is 12.4 Å². The number of nitrogen functional groups attached to an aromatic ring is 1. The van der Waals surface area contributed by atoms with Crippen LogP contribution in [0.4, 0.5) is 6.01 Å². The lowest BCUT2D eigenvalue weighted by Gasteiger charge is -1.99. The van der Waals surface area contributed by atoms with Gasteiger partial charge in [-0.3, -0.25) is 0 Å². The first-order valence-corrected chi connectivity index (χ1v) is 4.23. The van der Waals surface area contributed by atoms with Crippen molar-refractivity contribution in [3.05, 3.63) is 23.5 Å². The lowest BCUT2D eigenvalue weighted by molar-refractivity contribution is 0.424. The number of nitrogens with zero attached hydrogens (tertiary/aromatic N) is 4. The molecular weight excluding hydrogens is 182 g/mol. The molecule has 14 heavy (non-hydrogen) atoms. The second-order valence-corrected chi connectivity index (χ2v) is 3.09. The molecule has 74 valence electrons. The molecule has 0 fully saturated rings. The van der Waals surface area contributed by atoms with Crippen molar-refractivity contribution < 1.29 is 4.52 Å². The molecule has 6 heteroatoms. The Labute approximate surface area is 80.7 Å². The molecule has 2 rings (SSSR count). The van der Waals surface area contributed by atoms with Crippen LogP contribution in [0, 0.1) is 13.8 Å². The molecule has 0 atom stereocenters.